The first-order valence-electron chi connectivity index (χ1n) is 12.1. The van der Waals surface area contributed by atoms with E-state index in [1.165, 1.54) is 7.11 Å². The normalized spacial score (nSPS) is 19.6. The van der Waals surface area contributed by atoms with Gasteiger partial charge in [0.1, 0.15) is 6.10 Å². The summed E-state index contributed by atoms with van der Waals surface area (Å²) in [6.07, 6.45) is -0.0797. The molecule has 5 rings (SSSR count). The summed E-state index contributed by atoms with van der Waals surface area (Å²) < 4.78 is 34.6. The molecule has 8 nitrogen and oxygen atoms in total. The number of aromatic hydroxyl groups is 1. The predicted octanol–water partition coefficient (Wildman–Crippen LogP) is 5.54. The van der Waals surface area contributed by atoms with Crippen LogP contribution in [0.25, 0.3) is 11.1 Å². The van der Waals surface area contributed by atoms with Crippen molar-refractivity contribution >= 4 is 5.97 Å². The Kier molecular flexibility index (Phi) is 6.50. The number of phenols is 1. The van der Waals surface area contributed by atoms with E-state index in [-0.39, 0.29) is 30.1 Å². The molecule has 1 heterocycles. The highest BCUT2D eigenvalue weighted by molar-refractivity contribution is 5.91. The van der Waals surface area contributed by atoms with Crippen LogP contribution in [-0.4, -0.2) is 39.2 Å². The molecule has 3 aromatic rings. The van der Waals surface area contributed by atoms with E-state index in [1.54, 1.807) is 44.6 Å². The number of fused-ring (bicyclic) bond motifs is 4. The third-order valence-electron chi connectivity index (χ3n) is 7.30. The van der Waals surface area contributed by atoms with E-state index in [9.17, 15) is 9.90 Å². The van der Waals surface area contributed by atoms with Crippen molar-refractivity contribution in [1.29, 1.82) is 0 Å². The summed E-state index contributed by atoms with van der Waals surface area (Å²) in [7, 11) is 4.64. The van der Waals surface area contributed by atoms with Crippen LogP contribution < -0.4 is 23.7 Å². The lowest BCUT2D eigenvalue weighted by molar-refractivity contribution is 0.00700. The van der Waals surface area contributed by atoms with E-state index in [0.29, 0.717) is 51.7 Å². The Morgan fingerprint density at radius 2 is 1.68 bits per heavy atom. The van der Waals surface area contributed by atoms with Crippen LogP contribution in [0.4, 0.5) is 0 Å². The molecular weight excluding hydrogens is 476 g/mol. The highest BCUT2D eigenvalue weighted by Gasteiger charge is 2.39. The van der Waals surface area contributed by atoms with Crippen molar-refractivity contribution < 1.29 is 38.3 Å². The average Bonchev–Trinajstić information content (AvgIpc) is 3.40. The third kappa shape index (κ3) is 4.06. The fourth-order valence-electron chi connectivity index (χ4n) is 5.22. The molecule has 0 fully saturated rings. The van der Waals surface area contributed by atoms with Gasteiger partial charge in [-0.2, -0.15) is 0 Å². The molecule has 0 aromatic heterocycles. The number of methoxy groups -OCH3 is 3. The molecule has 0 amide bonds. The summed E-state index contributed by atoms with van der Waals surface area (Å²) in [5.41, 5.74) is 3.02. The van der Waals surface area contributed by atoms with Crippen molar-refractivity contribution in [3.63, 3.8) is 0 Å². The molecule has 2 aliphatic rings. The number of carbonyl (C=O) groups excluding carboxylic acids is 1. The molecule has 194 valence electrons. The molecule has 0 saturated carbocycles. The van der Waals surface area contributed by atoms with Crippen LogP contribution in [0.5, 0.6) is 34.5 Å². The highest BCUT2D eigenvalue weighted by atomic mass is 16.7. The van der Waals surface area contributed by atoms with Gasteiger partial charge >= 0.3 is 5.97 Å². The van der Waals surface area contributed by atoms with Crippen LogP contribution in [0.15, 0.2) is 42.5 Å². The molecule has 0 radical (unpaired) electrons. The minimum Gasteiger partial charge on any atom is -0.504 e. The largest absolute Gasteiger partial charge is 0.504 e. The van der Waals surface area contributed by atoms with Crippen molar-refractivity contribution in [2.75, 3.05) is 28.1 Å². The zero-order valence-corrected chi connectivity index (χ0v) is 21.5. The van der Waals surface area contributed by atoms with Gasteiger partial charge in [0.05, 0.1) is 26.9 Å². The smallest absolute Gasteiger partial charge is 0.338 e. The van der Waals surface area contributed by atoms with Crippen molar-refractivity contribution in [3.05, 3.63) is 59.2 Å². The van der Waals surface area contributed by atoms with E-state index in [2.05, 4.69) is 6.92 Å². The summed E-state index contributed by atoms with van der Waals surface area (Å²) in [4.78, 5) is 13.2. The van der Waals surface area contributed by atoms with E-state index >= 15 is 0 Å². The number of hydrogen-bond acceptors (Lipinski definition) is 8. The van der Waals surface area contributed by atoms with Gasteiger partial charge in [0, 0.05) is 22.6 Å². The van der Waals surface area contributed by atoms with E-state index < -0.39 is 12.1 Å². The van der Waals surface area contributed by atoms with Crippen LogP contribution in [0.2, 0.25) is 0 Å². The van der Waals surface area contributed by atoms with Gasteiger partial charge in [-0.15, -0.1) is 0 Å². The second kappa shape index (κ2) is 9.76. The summed E-state index contributed by atoms with van der Waals surface area (Å²) in [6, 6.07) is 12.5. The Balaban J connectivity index is 1.80. The number of esters is 1. The number of hydrogen-bond donors (Lipinski definition) is 1. The lowest BCUT2D eigenvalue weighted by Crippen LogP contribution is -2.26. The molecule has 1 aliphatic carbocycles. The molecule has 3 atom stereocenters. The minimum absolute atomic E-state index is 0.0257. The minimum atomic E-state index is -0.691. The zero-order valence-electron chi connectivity index (χ0n) is 21.5. The molecule has 3 unspecified atom stereocenters. The Morgan fingerprint density at radius 3 is 2.35 bits per heavy atom. The number of phenolic OH excluding ortho intramolecular Hbond substituents is 1. The highest BCUT2D eigenvalue weighted by Crippen LogP contribution is 2.58. The summed E-state index contributed by atoms with van der Waals surface area (Å²) in [5.74, 6) is 1.34. The maximum absolute atomic E-state index is 13.2. The number of carbonyl (C=O) groups is 1. The molecule has 0 saturated heterocycles. The summed E-state index contributed by atoms with van der Waals surface area (Å²) in [6.45, 7) is 4.13. The fraction of sp³-hybridized carbons (Fsp3) is 0.345. The van der Waals surface area contributed by atoms with Gasteiger partial charge in [0.25, 0.3) is 0 Å². The van der Waals surface area contributed by atoms with E-state index in [0.717, 1.165) is 5.56 Å². The van der Waals surface area contributed by atoms with Gasteiger partial charge in [0.15, 0.2) is 23.0 Å². The third-order valence-corrected chi connectivity index (χ3v) is 7.30. The van der Waals surface area contributed by atoms with E-state index in [1.807, 2.05) is 19.1 Å². The van der Waals surface area contributed by atoms with Crippen molar-refractivity contribution in [1.82, 2.24) is 0 Å². The molecule has 8 heteroatoms. The Bertz CT molecular complexity index is 1330. The van der Waals surface area contributed by atoms with Crippen LogP contribution in [0.1, 0.15) is 41.4 Å². The quantitative estimate of drug-likeness (QED) is 0.451. The SMILES string of the molecule is COc1cc2c(c(OC)c1OC)-c1c(cc3c(c1O)OCO3)C(OC(=O)c1ccccc1)C(C)C(C)C2. The first-order valence-corrected chi connectivity index (χ1v) is 12.1. The van der Waals surface area contributed by atoms with E-state index in [4.69, 9.17) is 28.4 Å². The number of benzene rings is 3. The molecule has 0 bridgehead atoms. The number of ether oxygens (including phenoxy) is 6. The lowest BCUT2D eigenvalue weighted by atomic mass is 9.76. The Hall–Kier alpha value is -4.07. The predicted molar refractivity (Wildman–Crippen MR) is 136 cm³/mol. The van der Waals surface area contributed by atoms with Gasteiger partial charge in [0.2, 0.25) is 18.3 Å². The molecule has 1 N–H and O–H groups in total. The first-order chi connectivity index (χ1) is 17.9. The van der Waals surface area contributed by atoms with Gasteiger partial charge in [-0.1, -0.05) is 32.0 Å². The topological polar surface area (TPSA) is 92.7 Å². The first kappa shape index (κ1) is 24.6. The maximum atomic E-state index is 13.2. The Morgan fingerprint density at radius 1 is 0.946 bits per heavy atom. The second-order valence-corrected chi connectivity index (χ2v) is 9.34. The van der Waals surface area contributed by atoms with Gasteiger partial charge < -0.3 is 33.5 Å². The molecule has 1 aliphatic heterocycles. The Labute approximate surface area is 215 Å². The average molecular weight is 507 g/mol. The van der Waals surface area contributed by atoms with Gasteiger partial charge in [-0.05, 0) is 42.2 Å². The molecule has 0 spiro atoms. The lowest BCUT2D eigenvalue weighted by Gasteiger charge is -2.35. The van der Waals surface area contributed by atoms with Crippen molar-refractivity contribution in [3.8, 4) is 45.6 Å². The fourth-order valence-corrected chi connectivity index (χ4v) is 5.22. The summed E-state index contributed by atoms with van der Waals surface area (Å²) >= 11 is 0. The van der Waals surface area contributed by atoms with Crippen LogP contribution in [-0.2, 0) is 11.2 Å². The van der Waals surface area contributed by atoms with Crippen molar-refractivity contribution in [2.45, 2.75) is 26.4 Å². The standard InChI is InChI=1S/C29H30O8/c1-15-11-18-12-20(32-3)27(33-4)28(34-5)22(18)23-19(13-21-26(24(23)30)36-14-35-21)25(16(15)2)37-29(31)17-9-7-6-8-10-17/h6-10,12-13,15-16,25,30H,11,14H2,1-5H3. The monoisotopic (exact) mass is 506 g/mol. The molecule has 3 aromatic carbocycles. The number of rotatable bonds is 5. The maximum Gasteiger partial charge on any atom is 0.338 e. The van der Waals surface area contributed by atoms with Crippen LogP contribution >= 0.6 is 0 Å². The van der Waals surface area contributed by atoms with Crippen molar-refractivity contribution in [2.24, 2.45) is 11.8 Å². The van der Waals surface area contributed by atoms with Gasteiger partial charge in [-0.25, -0.2) is 4.79 Å². The van der Waals surface area contributed by atoms with Crippen LogP contribution in [0.3, 0.4) is 0 Å². The molecular formula is C29H30O8. The van der Waals surface area contributed by atoms with Crippen LogP contribution in [0, 0.1) is 11.8 Å². The van der Waals surface area contributed by atoms with Gasteiger partial charge in [-0.3, -0.25) is 0 Å². The summed E-state index contributed by atoms with van der Waals surface area (Å²) in [5, 5.41) is 11.6. The molecule has 37 heavy (non-hydrogen) atoms. The second-order valence-electron chi connectivity index (χ2n) is 9.34. The zero-order chi connectivity index (χ0) is 26.3.